The number of rotatable bonds is 2. The minimum atomic E-state index is 0.612. The highest BCUT2D eigenvalue weighted by atomic mass is 35.5. The second-order valence-corrected chi connectivity index (χ2v) is 4.65. The van der Waals surface area contributed by atoms with E-state index in [2.05, 4.69) is 9.80 Å². The number of hydrogen-bond donors (Lipinski definition) is 1. The molecule has 0 saturated carbocycles. The predicted molar refractivity (Wildman–Crippen MR) is 69.3 cm³/mol. The van der Waals surface area contributed by atoms with E-state index in [1.807, 2.05) is 18.2 Å². The van der Waals surface area contributed by atoms with Crippen molar-refractivity contribution in [3.63, 3.8) is 0 Å². The molecule has 2 rings (SSSR count). The Labute approximate surface area is 106 Å². The van der Waals surface area contributed by atoms with Crippen LogP contribution in [0, 0.1) is 0 Å². The van der Waals surface area contributed by atoms with Crippen molar-refractivity contribution in [3.05, 3.63) is 28.2 Å². The van der Waals surface area contributed by atoms with Crippen molar-refractivity contribution < 1.29 is 0 Å². The van der Waals surface area contributed by atoms with Crippen LogP contribution < -0.4 is 10.6 Å². The normalized spacial score (nSPS) is 17.8. The number of piperazine rings is 1. The molecule has 1 saturated heterocycles. The Morgan fingerprint density at radius 3 is 2.44 bits per heavy atom. The summed E-state index contributed by atoms with van der Waals surface area (Å²) in [6.45, 7) is 4.45. The zero-order valence-electron chi connectivity index (χ0n) is 9.00. The lowest BCUT2D eigenvalue weighted by molar-refractivity contribution is 0.265. The van der Waals surface area contributed by atoms with Crippen molar-refractivity contribution in [2.45, 2.75) is 0 Å². The van der Waals surface area contributed by atoms with E-state index in [1.165, 1.54) is 0 Å². The molecule has 1 aromatic carbocycles. The smallest absolute Gasteiger partial charge is 0.0825 e. The summed E-state index contributed by atoms with van der Waals surface area (Å²) in [4.78, 5) is 4.47. The first-order valence-electron chi connectivity index (χ1n) is 5.33. The number of nitrogens with zero attached hydrogens (tertiary/aromatic N) is 2. The molecule has 1 aliphatic heterocycles. The summed E-state index contributed by atoms with van der Waals surface area (Å²) < 4.78 is 0. The minimum Gasteiger partial charge on any atom is -0.368 e. The van der Waals surface area contributed by atoms with Gasteiger partial charge in [-0.3, -0.25) is 4.90 Å². The maximum absolute atomic E-state index is 6.18. The van der Waals surface area contributed by atoms with Gasteiger partial charge in [-0.15, -0.1) is 0 Å². The van der Waals surface area contributed by atoms with E-state index in [-0.39, 0.29) is 0 Å². The van der Waals surface area contributed by atoms with Gasteiger partial charge in [0.05, 0.1) is 15.7 Å². The van der Waals surface area contributed by atoms with Gasteiger partial charge in [0, 0.05) is 32.8 Å². The van der Waals surface area contributed by atoms with Crippen LogP contribution in [-0.2, 0) is 0 Å². The average molecular weight is 260 g/mol. The summed E-state index contributed by atoms with van der Waals surface area (Å²) in [5.74, 6) is 0. The summed E-state index contributed by atoms with van der Waals surface area (Å²) in [5.41, 5.74) is 6.62. The minimum absolute atomic E-state index is 0.612. The Bertz CT molecular complexity index is 362. The first-order valence-corrected chi connectivity index (χ1v) is 6.09. The fourth-order valence-electron chi connectivity index (χ4n) is 1.91. The van der Waals surface area contributed by atoms with Crippen molar-refractivity contribution in [2.24, 2.45) is 5.73 Å². The van der Waals surface area contributed by atoms with Crippen molar-refractivity contribution in [2.75, 3.05) is 37.7 Å². The number of benzene rings is 1. The van der Waals surface area contributed by atoms with Gasteiger partial charge in [-0.05, 0) is 12.1 Å². The van der Waals surface area contributed by atoms with Gasteiger partial charge in [0.15, 0.2) is 0 Å². The van der Waals surface area contributed by atoms with Crippen LogP contribution in [0.15, 0.2) is 18.2 Å². The lowest BCUT2D eigenvalue weighted by Crippen LogP contribution is -2.48. The van der Waals surface area contributed by atoms with E-state index in [0.29, 0.717) is 16.7 Å². The molecule has 0 aliphatic carbocycles. The topological polar surface area (TPSA) is 32.5 Å². The Morgan fingerprint density at radius 1 is 1.12 bits per heavy atom. The van der Waals surface area contributed by atoms with Gasteiger partial charge in [0.1, 0.15) is 0 Å². The van der Waals surface area contributed by atoms with Gasteiger partial charge in [-0.1, -0.05) is 29.3 Å². The van der Waals surface area contributed by atoms with Crippen LogP contribution in [0.5, 0.6) is 0 Å². The van der Waals surface area contributed by atoms with Crippen LogP contribution in [0.2, 0.25) is 10.0 Å². The van der Waals surface area contributed by atoms with E-state index >= 15 is 0 Å². The first-order chi connectivity index (χ1) is 7.72. The molecule has 0 amide bonds. The molecule has 2 N–H and O–H groups in total. The van der Waals surface area contributed by atoms with Gasteiger partial charge in [0.2, 0.25) is 0 Å². The van der Waals surface area contributed by atoms with Crippen LogP contribution in [0.25, 0.3) is 0 Å². The fourth-order valence-corrected chi connectivity index (χ4v) is 2.32. The van der Waals surface area contributed by atoms with Crippen LogP contribution in [-0.4, -0.2) is 37.7 Å². The third-order valence-corrected chi connectivity index (χ3v) is 3.71. The highest BCUT2D eigenvalue weighted by molar-refractivity contribution is 6.43. The van der Waals surface area contributed by atoms with Crippen molar-refractivity contribution in [1.82, 2.24) is 4.90 Å². The molecule has 0 bridgehead atoms. The van der Waals surface area contributed by atoms with E-state index in [9.17, 15) is 0 Å². The Morgan fingerprint density at radius 2 is 1.81 bits per heavy atom. The number of nitrogens with two attached hydrogens (primary N) is 1. The highest BCUT2D eigenvalue weighted by Crippen LogP contribution is 2.32. The van der Waals surface area contributed by atoms with Crippen LogP contribution in [0.3, 0.4) is 0 Å². The van der Waals surface area contributed by atoms with E-state index in [0.717, 1.165) is 31.9 Å². The summed E-state index contributed by atoms with van der Waals surface area (Å²) in [7, 11) is 0. The zero-order valence-corrected chi connectivity index (χ0v) is 10.5. The standard InChI is InChI=1S/C11H15Cl2N3/c12-9-2-1-3-10(11(9)13)16-6-4-15(8-14)5-7-16/h1-3H,4-8,14H2. The molecule has 1 heterocycles. The van der Waals surface area contributed by atoms with Gasteiger partial charge < -0.3 is 10.6 Å². The molecular formula is C11H15Cl2N3. The molecule has 16 heavy (non-hydrogen) atoms. The molecule has 1 aromatic rings. The second-order valence-electron chi connectivity index (χ2n) is 3.86. The van der Waals surface area contributed by atoms with Crippen LogP contribution >= 0.6 is 23.2 Å². The molecule has 1 fully saturated rings. The number of hydrogen-bond acceptors (Lipinski definition) is 3. The summed E-state index contributed by atoms with van der Waals surface area (Å²) in [6.07, 6.45) is 0. The molecular weight excluding hydrogens is 245 g/mol. The second kappa shape index (κ2) is 5.23. The van der Waals surface area contributed by atoms with E-state index in [1.54, 1.807) is 0 Å². The number of anilines is 1. The molecule has 88 valence electrons. The predicted octanol–water partition coefficient (Wildman–Crippen LogP) is 2.03. The Balaban J connectivity index is 2.11. The van der Waals surface area contributed by atoms with Gasteiger partial charge >= 0.3 is 0 Å². The van der Waals surface area contributed by atoms with Crippen molar-refractivity contribution >= 4 is 28.9 Å². The third-order valence-electron chi connectivity index (χ3n) is 2.90. The van der Waals surface area contributed by atoms with Crippen LogP contribution in [0.4, 0.5) is 5.69 Å². The molecule has 0 atom stereocenters. The Hall–Kier alpha value is -0.480. The fraction of sp³-hybridized carbons (Fsp3) is 0.455. The number of halogens is 2. The molecule has 5 heteroatoms. The van der Waals surface area contributed by atoms with Crippen molar-refractivity contribution in [3.8, 4) is 0 Å². The molecule has 1 aliphatic rings. The highest BCUT2D eigenvalue weighted by Gasteiger charge is 2.18. The molecule has 3 nitrogen and oxygen atoms in total. The summed E-state index contributed by atoms with van der Waals surface area (Å²) >= 11 is 12.2. The monoisotopic (exact) mass is 259 g/mol. The van der Waals surface area contributed by atoms with E-state index < -0.39 is 0 Å². The van der Waals surface area contributed by atoms with Crippen LogP contribution in [0.1, 0.15) is 0 Å². The maximum Gasteiger partial charge on any atom is 0.0825 e. The SMILES string of the molecule is NCN1CCN(c2cccc(Cl)c2Cl)CC1. The molecule has 0 radical (unpaired) electrons. The lowest BCUT2D eigenvalue weighted by atomic mass is 10.2. The zero-order chi connectivity index (χ0) is 11.5. The van der Waals surface area contributed by atoms with E-state index in [4.69, 9.17) is 28.9 Å². The lowest BCUT2D eigenvalue weighted by Gasteiger charge is -2.35. The largest absolute Gasteiger partial charge is 0.368 e. The van der Waals surface area contributed by atoms with Gasteiger partial charge in [0.25, 0.3) is 0 Å². The summed E-state index contributed by atoms with van der Waals surface area (Å²) in [5, 5.41) is 1.26. The molecule has 0 aromatic heterocycles. The molecule has 0 unspecified atom stereocenters. The van der Waals surface area contributed by atoms with Gasteiger partial charge in [-0.2, -0.15) is 0 Å². The quantitative estimate of drug-likeness (QED) is 0.883. The summed E-state index contributed by atoms with van der Waals surface area (Å²) in [6, 6.07) is 5.74. The first kappa shape index (κ1) is 12.0. The third kappa shape index (κ3) is 2.43. The van der Waals surface area contributed by atoms with Crippen molar-refractivity contribution in [1.29, 1.82) is 0 Å². The molecule has 0 spiro atoms. The maximum atomic E-state index is 6.18. The average Bonchev–Trinajstić information content (AvgIpc) is 2.33. The Kier molecular flexibility index (Phi) is 3.92. The van der Waals surface area contributed by atoms with Gasteiger partial charge in [-0.25, -0.2) is 0 Å².